The summed E-state index contributed by atoms with van der Waals surface area (Å²) >= 11 is 0. The summed E-state index contributed by atoms with van der Waals surface area (Å²) in [6, 6.07) is 7.43. The summed E-state index contributed by atoms with van der Waals surface area (Å²) in [6.45, 7) is 1.84. The number of unbranched alkanes of at least 4 members (excludes halogenated alkanes) is 1. The number of aromatic nitrogens is 3. The monoisotopic (exact) mass is 241 g/mol. The molecule has 2 rings (SSSR count). The van der Waals surface area contributed by atoms with Crippen molar-refractivity contribution in [1.29, 1.82) is 5.26 Å². The number of hydrogen-bond acceptors (Lipinski definition) is 4. The molecule has 2 aromatic heterocycles. The fourth-order valence-corrected chi connectivity index (χ4v) is 1.65. The van der Waals surface area contributed by atoms with Gasteiger partial charge in [0.2, 0.25) is 0 Å². The van der Waals surface area contributed by atoms with E-state index >= 15 is 0 Å². The van der Waals surface area contributed by atoms with Gasteiger partial charge in [-0.2, -0.15) is 5.26 Å². The highest BCUT2D eigenvalue weighted by Crippen LogP contribution is 2.04. The van der Waals surface area contributed by atoms with Gasteiger partial charge in [0.1, 0.15) is 17.6 Å². The van der Waals surface area contributed by atoms with Crippen LogP contribution in [-0.4, -0.2) is 21.1 Å². The zero-order valence-corrected chi connectivity index (χ0v) is 10.1. The first-order valence-electron chi connectivity index (χ1n) is 5.95. The van der Waals surface area contributed by atoms with Crippen molar-refractivity contribution in [1.82, 2.24) is 14.5 Å². The van der Waals surface area contributed by atoms with Crippen LogP contribution in [0.4, 0.5) is 5.82 Å². The SMILES string of the molecule is N#Cc1cccc(NCCCCn2ccnc2)n1. The second kappa shape index (κ2) is 6.40. The van der Waals surface area contributed by atoms with Crippen LogP contribution in [0.1, 0.15) is 18.5 Å². The third-order valence-corrected chi connectivity index (χ3v) is 2.57. The van der Waals surface area contributed by atoms with Gasteiger partial charge in [-0.3, -0.25) is 0 Å². The molecule has 2 heterocycles. The molecule has 0 saturated carbocycles. The minimum atomic E-state index is 0.443. The molecule has 0 aliphatic rings. The minimum Gasteiger partial charge on any atom is -0.370 e. The Morgan fingerprint density at radius 1 is 1.33 bits per heavy atom. The summed E-state index contributed by atoms with van der Waals surface area (Å²) in [4.78, 5) is 8.15. The van der Waals surface area contributed by atoms with Crippen molar-refractivity contribution in [2.45, 2.75) is 19.4 Å². The number of nitriles is 1. The number of anilines is 1. The normalized spacial score (nSPS) is 9.94. The van der Waals surface area contributed by atoms with Gasteiger partial charge in [-0.25, -0.2) is 9.97 Å². The molecule has 0 saturated heterocycles. The van der Waals surface area contributed by atoms with Crippen LogP contribution in [0.25, 0.3) is 0 Å². The van der Waals surface area contributed by atoms with Crippen molar-refractivity contribution >= 4 is 5.82 Å². The first kappa shape index (κ1) is 12.1. The van der Waals surface area contributed by atoms with Gasteiger partial charge >= 0.3 is 0 Å². The predicted octanol–water partition coefficient (Wildman–Crippen LogP) is 2.04. The lowest BCUT2D eigenvalue weighted by Crippen LogP contribution is -2.05. The van der Waals surface area contributed by atoms with Crippen molar-refractivity contribution in [2.24, 2.45) is 0 Å². The summed E-state index contributed by atoms with van der Waals surface area (Å²) in [7, 11) is 0. The van der Waals surface area contributed by atoms with E-state index in [4.69, 9.17) is 5.26 Å². The molecule has 0 amide bonds. The molecular formula is C13H15N5. The van der Waals surface area contributed by atoms with Crippen LogP contribution in [0.3, 0.4) is 0 Å². The zero-order valence-electron chi connectivity index (χ0n) is 10.1. The molecule has 18 heavy (non-hydrogen) atoms. The highest BCUT2D eigenvalue weighted by molar-refractivity contribution is 5.38. The number of pyridine rings is 1. The van der Waals surface area contributed by atoms with E-state index in [-0.39, 0.29) is 0 Å². The quantitative estimate of drug-likeness (QED) is 0.786. The van der Waals surface area contributed by atoms with Crippen molar-refractivity contribution in [2.75, 3.05) is 11.9 Å². The van der Waals surface area contributed by atoms with Crippen LogP contribution in [0.15, 0.2) is 36.9 Å². The lowest BCUT2D eigenvalue weighted by Gasteiger charge is -2.05. The molecular weight excluding hydrogens is 226 g/mol. The Balaban J connectivity index is 1.67. The Labute approximate surface area is 106 Å². The molecule has 0 atom stereocenters. The Bertz CT molecular complexity index is 512. The highest BCUT2D eigenvalue weighted by atomic mass is 15.0. The molecule has 0 aliphatic carbocycles. The summed E-state index contributed by atoms with van der Waals surface area (Å²) in [5, 5.41) is 11.9. The van der Waals surface area contributed by atoms with Gasteiger partial charge in [0.05, 0.1) is 6.33 Å². The van der Waals surface area contributed by atoms with Gasteiger partial charge in [0.25, 0.3) is 0 Å². The van der Waals surface area contributed by atoms with E-state index in [1.807, 2.05) is 30.7 Å². The molecule has 0 spiro atoms. The number of rotatable bonds is 6. The largest absolute Gasteiger partial charge is 0.370 e. The smallest absolute Gasteiger partial charge is 0.142 e. The summed E-state index contributed by atoms with van der Waals surface area (Å²) in [5.41, 5.74) is 0.443. The predicted molar refractivity (Wildman–Crippen MR) is 68.9 cm³/mol. The van der Waals surface area contributed by atoms with Crippen LogP contribution in [-0.2, 0) is 6.54 Å². The minimum absolute atomic E-state index is 0.443. The van der Waals surface area contributed by atoms with Crippen molar-refractivity contribution < 1.29 is 0 Å². The van der Waals surface area contributed by atoms with E-state index in [0.717, 1.165) is 31.7 Å². The molecule has 0 fully saturated rings. The highest BCUT2D eigenvalue weighted by Gasteiger charge is 1.96. The fourth-order valence-electron chi connectivity index (χ4n) is 1.65. The third-order valence-electron chi connectivity index (χ3n) is 2.57. The van der Waals surface area contributed by atoms with Gasteiger partial charge in [0, 0.05) is 25.5 Å². The molecule has 5 nitrogen and oxygen atoms in total. The van der Waals surface area contributed by atoms with E-state index in [2.05, 4.69) is 19.9 Å². The lowest BCUT2D eigenvalue weighted by atomic mass is 10.3. The topological polar surface area (TPSA) is 66.5 Å². The molecule has 2 aromatic rings. The third kappa shape index (κ3) is 3.59. The second-order valence-electron chi connectivity index (χ2n) is 3.95. The van der Waals surface area contributed by atoms with Gasteiger partial charge in [-0.1, -0.05) is 6.07 Å². The molecule has 0 radical (unpaired) electrons. The molecule has 1 N–H and O–H groups in total. The molecule has 92 valence electrons. The Morgan fingerprint density at radius 3 is 3.06 bits per heavy atom. The molecule has 0 bridgehead atoms. The first-order chi connectivity index (χ1) is 8.88. The number of aryl methyl sites for hydroxylation is 1. The van der Waals surface area contributed by atoms with Crippen LogP contribution in [0.2, 0.25) is 0 Å². The number of hydrogen-bond donors (Lipinski definition) is 1. The second-order valence-corrected chi connectivity index (χ2v) is 3.95. The number of nitrogens with one attached hydrogen (secondary N) is 1. The Hall–Kier alpha value is -2.35. The first-order valence-corrected chi connectivity index (χ1v) is 5.95. The van der Waals surface area contributed by atoms with E-state index in [1.54, 1.807) is 12.3 Å². The summed E-state index contributed by atoms with van der Waals surface area (Å²) < 4.78 is 2.06. The van der Waals surface area contributed by atoms with Gasteiger partial charge in [-0.15, -0.1) is 0 Å². The lowest BCUT2D eigenvalue weighted by molar-refractivity contribution is 0.620. The van der Waals surface area contributed by atoms with Gasteiger partial charge in [-0.05, 0) is 25.0 Å². The van der Waals surface area contributed by atoms with E-state index in [0.29, 0.717) is 5.69 Å². The van der Waals surface area contributed by atoms with Crippen molar-refractivity contribution in [3.05, 3.63) is 42.6 Å². The van der Waals surface area contributed by atoms with Crippen molar-refractivity contribution in [3.8, 4) is 6.07 Å². The molecule has 0 aromatic carbocycles. The molecule has 5 heteroatoms. The maximum absolute atomic E-state index is 8.73. The fraction of sp³-hybridized carbons (Fsp3) is 0.308. The molecule has 0 unspecified atom stereocenters. The van der Waals surface area contributed by atoms with Crippen LogP contribution in [0, 0.1) is 11.3 Å². The van der Waals surface area contributed by atoms with E-state index in [9.17, 15) is 0 Å². The Kier molecular flexibility index (Phi) is 4.31. The summed E-state index contributed by atoms with van der Waals surface area (Å²) in [6.07, 6.45) is 7.71. The standard InChI is InChI=1S/C13H15N5/c14-10-12-4-3-5-13(17-12)16-6-1-2-8-18-9-7-15-11-18/h3-5,7,9,11H,1-2,6,8H2,(H,16,17). The zero-order chi connectivity index (χ0) is 12.6. The number of imidazole rings is 1. The van der Waals surface area contributed by atoms with Gasteiger partial charge in [0.15, 0.2) is 0 Å². The van der Waals surface area contributed by atoms with E-state index in [1.165, 1.54) is 0 Å². The summed E-state index contributed by atoms with van der Waals surface area (Å²) in [5.74, 6) is 0.761. The van der Waals surface area contributed by atoms with E-state index < -0.39 is 0 Å². The average Bonchev–Trinajstić information content (AvgIpc) is 2.92. The molecule has 0 aliphatic heterocycles. The number of nitrogens with zero attached hydrogens (tertiary/aromatic N) is 4. The van der Waals surface area contributed by atoms with Crippen LogP contribution < -0.4 is 5.32 Å². The van der Waals surface area contributed by atoms with Crippen LogP contribution in [0.5, 0.6) is 0 Å². The van der Waals surface area contributed by atoms with Crippen LogP contribution >= 0.6 is 0 Å². The maximum atomic E-state index is 8.73. The average molecular weight is 241 g/mol. The maximum Gasteiger partial charge on any atom is 0.142 e. The Morgan fingerprint density at radius 2 is 2.28 bits per heavy atom. The van der Waals surface area contributed by atoms with Crippen molar-refractivity contribution in [3.63, 3.8) is 0 Å². The van der Waals surface area contributed by atoms with Gasteiger partial charge < -0.3 is 9.88 Å².